The van der Waals surface area contributed by atoms with Gasteiger partial charge in [-0.25, -0.2) is 4.68 Å². The van der Waals surface area contributed by atoms with Gasteiger partial charge >= 0.3 is 0 Å². The van der Waals surface area contributed by atoms with Crippen molar-refractivity contribution in [3.63, 3.8) is 0 Å². The molecule has 0 spiro atoms. The lowest BCUT2D eigenvalue weighted by Crippen LogP contribution is -3.27. The van der Waals surface area contributed by atoms with Gasteiger partial charge in [0, 0.05) is 12.0 Å². The van der Waals surface area contributed by atoms with Crippen LogP contribution in [0, 0.1) is 0 Å². The van der Waals surface area contributed by atoms with Crippen molar-refractivity contribution in [2.24, 2.45) is 0 Å². The van der Waals surface area contributed by atoms with Gasteiger partial charge in [0.25, 0.3) is 0 Å². The molecule has 0 amide bonds. The molecule has 1 aliphatic heterocycles. The van der Waals surface area contributed by atoms with Gasteiger partial charge in [-0.15, -0.1) is 5.10 Å². The van der Waals surface area contributed by atoms with Crippen LogP contribution in [0.25, 0.3) is 0 Å². The fraction of sp³-hybridized carbons (Fsp3) is 0.409. The van der Waals surface area contributed by atoms with Crippen LogP contribution in [0.4, 0.5) is 0 Å². The number of nitrogens with one attached hydrogen (secondary N) is 2. The number of rotatable bonds is 7. The van der Waals surface area contributed by atoms with Gasteiger partial charge in [-0.2, -0.15) is 0 Å². The predicted molar refractivity (Wildman–Crippen MR) is 108 cm³/mol. The van der Waals surface area contributed by atoms with E-state index in [0.29, 0.717) is 6.04 Å². The maximum atomic E-state index is 4.42. The quantitative estimate of drug-likeness (QED) is 0.616. The number of piperazine rings is 1. The summed E-state index contributed by atoms with van der Waals surface area (Å²) in [5.41, 5.74) is 2.66. The van der Waals surface area contributed by atoms with Gasteiger partial charge in [0.1, 0.15) is 38.8 Å². The third-order valence-corrected chi connectivity index (χ3v) is 5.84. The van der Waals surface area contributed by atoms with Crippen LogP contribution in [-0.4, -0.2) is 46.4 Å². The summed E-state index contributed by atoms with van der Waals surface area (Å²) in [7, 11) is 0. The number of aromatic nitrogens is 4. The molecule has 6 nitrogen and oxygen atoms in total. The van der Waals surface area contributed by atoms with Crippen LogP contribution in [0.3, 0.4) is 0 Å². The minimum Gasteiger partial charge on any atom is -0.322 e. The van der Waals surface area contributed by atoms with Crippen molar-refractivity contribution in [3.05, 3.63) is 77.6 Å². The van der Waals surface area contributed by atoms with Gasteiger partial charge in [0.05, 0.1) is 6.54 Å². The fourth-order valence-corrected chi connectivity index (χ4v) is 4.32. The molecule has 1 atom stereocenters. The lowest BCUT2D eigenvalue weighted by molar-refractivity contribution is -1.03. The highest BCUT2D eigenvalue weighted by Gasteiger charge is 2.33. The summed E-state index contributed by atoms with van der Waals surface area (Å²) in [6, 6.07) is 21.6. The first-order valence-corrected chi connectivity index (χ1v) is 10.4. The number of tetrazole rings is 1. The highest BCUT2D eigenvalue weighted by atomic mass is 15.6. The predicted octanol–water partition coefficient (Wildman–Crippen LogP) is 0.156. The van der Waals surface area contributed by atoms with E-state index < -0.39 is 0 Å². The van der Waals surface area contributed by atoms with Gasteiger partial charge in [0.2, 0.25) is 5.82 Å². The molecule has 1 aliphatic rings. The third kappa shape index (κ3) is 4.46. The second-order valence-electron chi connectivity index (χ2n) is 7.71. The van der Waals surface area contributed by atoms with Crippen LogP contribution in [0.2, 0.25) is 0 Å². The van der Waals surface area contributed by atoms with Gasteiger partial charge in [-0.05, 0) is 16.0 Å². The molecule has 6 heteroatoms. The van der Waals surface area contributed by atoms with Crippen LogP contribution in [0.1, 0.15) is 36.3 Å². The minimum atomic E-state index is 0.358. The first-order valence-electron chi connectivity index (χ1n) is 10.4. The smallest absolute Gasteiger partial charge is 0.209 e. The van der Waals surface area contributed by atoms with Crippen LogP contribution in [-0.2, 0) is 13.1 Å². The van der Waals surface area contributed by atoms with Crippen molar-refractivity contribution in [1.82, 2.24) is 20.2 Å². The Morgan fingerprint density at radius 2 is 1.54 bits per heavy atom. The number of nitrogens with zero attached hydrogens (tertiary/aromatic N) is 4. The second-order valence-corrected chi connectivity index (χ2v) is 7.71. The largest absolute Gasteiger partial charge is 0.322 e. The van der Waals surface area contributed by atoms with Crippen molar-refractivity contribution in [2.45, 2.75) is 32.5 Å². The Hall–Kier alpha value is -2.57. The fourth-order valence-electron chi connectivity index (χ4n) is 4.32. The summed E-state index contributed by atoms with van der Waals surface area (Å²) in [6.07, 6.45) is 1.05. The summed E-state index contributed by atoms with van der Waals surface area (Å²) in [5.74, 6) is 1.02. The SMILES string of the molecule is CC[C@H](c1nnnn1Cc1ccccc1)[NH+]1CC[NH+](Cc2ccccc2)CC1. The molecule has 2 aromatic carbocycles. The lowest BCUT2D eigenvalue weighted by Gasteiger charge is -2.33. The van der Waals surface area contributed by atoms with Gasteiger partial charge < -0.3 is 9.80 Å². The van der Waals surface area contributed by atoms with E-state index in [0.717, 1.165) is 25.3 Å². The Labute approximate surface area is 166 Å². The zero-order valence-electron chi connectivity index (χ0n) is 16.6. The summed E-state index contributed by atoms with van der Waals surface area (Å²) < 4.78 is 1.99. The summed E-state index contributed by atoms with van der Waals surface area (Å²) >= 11 is 0. The molecule has 2 heterocycles. The molecular weight excluding hydrogens is 348 g/mol. The first-order chi connectivity index (χ1) is 13.8. The van der Waals surface area contributed by atoms with Crippen molar-refractivity contribution in [3.8, 4) is 0 Å². The summed E-state index contributed by atoms with van der Waals surface area (Å²) in [5, 5.41) is 12.7. The molecule has 0 radical (unpaired) electrons. The van der Waals surface area contributed by atoms with E-state index in [-0.39, 0.29) is 0 Å². The Morgan fingerprint density at radius 1 is 0.893 bits per heavy atom. The molecule has 2 N–H and O–H groups in total. The number of hydrogen-bond acceptors (Lipinski definition) is 3. The highest BCUT2D eigenvalue weighted by Crippen LogP contribution is 2.11. The monoisotopic (exact) mass is 378 g/mol. The highest BCUT2D eigenvalue weighted by molar-refractivity contribution is 5.15. The van der Waals surface area contributed by atoms with Gasteiger partial charge in [0.15, 0.2) is 0 Å². The molecule has 0 unspecified atom stereocenters. The topological polar surface area (TPSA) is 52.5 Å². The molecule has 0 bridgehead atoms. The number of quaternary nitrogens is 2. The molecule has 28 heavy (non-hydrogen) atoms. The summed E-state index contributed by atoms with van der Waals surface area (Å²) in [4.78, 5) is 3.29. The molecular formula is C22H30N6+2. The zero-order valence-corrected chi connectivity index (χ0v) is 16.6. The molecule has 1 saturated heterocycles. The van der Waals surface area contributed by atoms with Gasteiger partial charge in [-0.3, -0.25) is 0 Å². The molecule has 0 aliphatic carbocycles. The summed E-state index contributed by atoms with van der Waals surface area (Å²) in [6.45, 7) is 8.83. The maximum absolute atomic E-state index is 4.42. The van der Waals surface area contributed by atoms with Crippen molar-refractivity contribution in [1.29, 1.82) is 0 Å². The molecule has 1 aromatic heterocycles. The van der Waals surface area contributed by atoms with Crippen molar-refractivity contribution >= 4 is 0 Å². The van der Waals surface area contributed by atoms with Crippen LogP contribution in [0.5, 0.6) is 0 Å². The van der Waals surface area contributed by atoms with Crippen LogP contribution < -0.4 is 9.80 Å². The molecule has 4 rings (SSSR count). The molecule has 3 aromatic rings. The molecule has 1 fully saturated rings. The normalized spacial score (nSPS) is 20.8. The Morgan fingerprint density at radius 3 is 2.18 bits per heavy atom. The Kier molecular flexibility index (Phi) is 6.09. The van der Waals surface area contributed by atoms with E-state index in [1.807, 2.05) is 10.7 Å². The van der Waals surface area contributed by atoms with Gasteiger partial charge in [-0.1, -0.05) is 67.6 Å². The average Bonchev–Trinajstić information content (AvgIpc) is 3.19. The van der Waals surface area contributed by atoms with E-state index in [4.69, 9.17) is 0 Å². The maximum Gasteiger partial charge on any atom is 0.209 e. The lowest BCUT2D eigenvalue weighted by atomic mass is 10.1. The van der Waals surface area contributed by atoms with E-state index >= 15 is 0 Å². The first kappa shape index (κ1) is 18.8. The molecule has 146 valence electrons. The van der Waals surface area contributed by atoms with E-state index in [1.54, 1.807) is 9.80 Å². The zero-order chi connectivity index (χ0) is 19.2. The Balaban J connectivity index is 1.39. The molecule has 0 saturated carbocycles. The second kappa shape index (κ2) is 9.08. The number of benzene rings is 2. The standard InChI is InChI=1S/C22H28N6/c1-2-21(22-23-24-25-28(22)18-20-11-7-4-8-12-20)27-15-13-26(14-16-27)17-19-9-5-3-6-10-19/h3-12,21H,2,13-18H2,1H3/p+2/t21-/m1/s1. The van der Waals surface area contributed by atoms with E-state index in [1.165, 1.54) is 37.3 Å². The van der Waals surface area contributed by atoms with E-state index in [9.17, 15) is 0 Å². The Bertz CT molecular complexity index is 840. The van der Waals surface area contributed by atoms with Crippen LogP contribution in [0.15, 0.2) is 60.7 Å². The van der Waals surface area contributed by atoms with Crippen molar-refractivity contribution in [2.75, 3.05) is 26.2 Å². The van der Waals surface area contributed by atoms with Crippen LogP contribution >= 0.6 is 0 Å². The third-order valence-electron chi connectivity index (χ3n) is 5.84. The average molecular weight is 379 g/mol. The minimum absolute atomic E-state index is 0.358. The number of hydrogen-bond donors (Lipinski definition) is 2. The van der Waals surface area contributed by atoms with Crippen molar-refractivity contribution < 1.29 is 9.80 Å². The van der Waals surface area contributed by atoms with E-state index in [2.05, 4.69) is 77.0 Å².